The Hall–Kier alpha value is -0.360. The van der Waals surface area contributed by atoms with Gasteiger partial charge in [0, 0.05) is 9.77 Å². The monoisotopic (exact) mass is 311 g/mol. The van der Waals surface area contributed by atoms with Crippen LogP contribution in [0.4, 0.5) is 0 Å². The molecule has 5 heteroatoms. The molecule has 0 radical (unpaired) electrons. The fourth-order valence-electron chi connectivity index (χ4n) is 0.782. The third kappa shape index (κ3) is 3.11. The summed E-state index contributed by atoms with van der Waals surface area (Å²) in [4.78, 5) is 14.9. The maximum atomic E-state index is 10.9. The van der Waals surface area contributed by atoms with Gasteiger partial charge in [0.05, 0.1) is 24.2 Å². The number of carbonyl (C=O) groups excluding carboxylic acids is 1. The van der Waals surface area contributed by atoms with Crippen LogP contribution in [0.1, 0.15) is 5.69 Å². The highest BCUT2D eigenvalue weighted by Crippen LogP contribution is 2.15. The largest absolute Gasteiger partial charge is 0.469 e. The highest BCUT2D eigenvalue weighted by Gasteiger charge is 2.08. The standard InChI is InChI=1S/C8H7ClINO2/c1-13-8(12)3-7-6(10)2-5(9)4-11-7/h2,4H,3H2,1H3. The van der Waals surface area contributed by atoms with Crippen LogP contribution < -0.4 is 0 Å². The van der Waals surface area contributed by atoms with Gasteiger partial charge < -0.3 is 4.74 Å². The summed E-state index contributed by atoms with van der Waals surface area (Å²) in [5.74, 6) is -0.298. The number of pyridine rings is 1. The predicted octanol–water partition coefficient (Wildman–Crippen LogP) is 2.06. The van der Waals surface area contributed by atoms with Gasteiger partial charge in [-0.3, -0.25) is 9.78 Å². The van der Waals surface area contributed by atoms with Crippen LogP contribution in [0.25, 0.3) is 0 Å². The van der Waals surface area contributed by atoms with Crippen molar-refractivity contribution < 1.29 is 9.53 Å². The van der Waals surface area contributed by atoms with E-state index in [2.05, 4.69) is 32.3 Å². The Balaban J connectivity index is 2.83. The Bertz CT molecular complexity index is 330. The topological polar surface area (TPSA) is 39.2 Å². The molecule has 3 nitrogen and oxygen atoms in total. The average molecular weight is 312 g/mol. The Morgan fingerprint density at radius 2 is 2.46 bits per heavy atom. The molecule has 0 amide bonds. The second-order valence-electron chi connectivity index (χ2n) is 2.33. The van der Waals surface area contributed by atoms with Gasteiger partial charge in [0.15, 0.2) is 0 Å². The fraction of sp³-hybridized carbons (Fsp3) is 0.250. The van der Waals surface area contributed by atoms with Crippen LogP contribution in [0.15, 0.2) is 12.3 Å². The van der Waals surface area contributed by atoms with Gasteiger partial charge in [0.2, 0.25) is 0 Å². The first-order valence-electron chi connectivity index (χ1n) is 3.50. The van der Waals surface area contributed by atoms with Gasteiger partial charge in [0.25, 0.3) is 0 Å². The number of hydrogen-bond donors (Lipinski definition) is 0. The van der Waals surface area contributed by atoms with Crippen molar-refractivity contribution in [2.45, 2.75) is 6.42 Å². The van der Waals surface area contributed by atoms with E-state index in [1.165, 1.54) is 13.3 Å². The molecule has 0 N–H and O–H groups in total. The number of carbonyl (C=O) groups is 1. The molecule has 0 unspecified atom stereocenters. The smallest absolute Gasteiger partial charge is 0.311 e. The quantitative estimate of drug-likeness (QED) is 0.620. The first-order chi connectivity index (χ1) is 6.13. The summed E-state index contributed by atoms with van der Waals surface area (Å²) in [5.41, 5.74) is 0.692. The zero-order valence-electron chi connectivity index (χ0n) is 6.88. The Morgan fingerprint density at radius 3 is 3.00 bits per heavy atom. The maximum absolute atomic E-state index is 10.9. The van der Waals surface area contributed by atoms with Crippen LogP contribution in [0.3, 0.4) is 0 Å². The van der Waals surface area contributed by atoms with Crippen LogP contribution in [-0.2, 0) is 16.0 Å². The van der Waals surface area contributed by atoms with Crippen LogP contribution in [0.2, 0.25) is 5.02 Å². The third-order valence-electron chi connectivity index (χ3n) is 1.42. The van der Waals surface area contributed by atoms with Crippen molar-refractivity contribution >= 4 is 40.2 Å². The minimum Gasteiger partial charge on any atom is -0.469 e. The minimum atomic E-state index is -0.298. The number of methoxy groups -OCH3 is 1. The van der Waals surface area contributed by atoms with Crippen molar-refractivity contribution in [3.63, 3.8) is 0 Å². The summed E-state index contributed by atoms with van der Waals surface area (Å²) in [7, 11) is 1.35. The molecule has 0 aromatic carbocycles. The first kappa shape index (κ1) is 10.7. The average Bonchev–Trinajstić information content (AvgIpc) is 2.09. The lowest BCUT2D eigenvalue weighted by Crippen LogP contribution is -2.07. The molecule has 1 aromatic rings. The molecule has 0 aliphatic heterocycles. The number of rotatable bonds is 2. The molecule has 0 saturated carbocycles. The van der Waals surface area contributed by atoms with Crippen molar-refractivity contribution in [3.8, 4) is 0 Å². The van der Waals surface area contributed by atoms with Crippen molar-refractivity contribution in [1.82, 2.24) is 4.98 Å². The van der Waals surface area contributed by atoms with Crippen molar-refractivity contribution in [2.75, 3.05) is 7.11 Å². The second kappa shape index (κ2) is 4.76. The van der Waals surface area contributed by atoms with Gasteiger partial charge in [0.1, 0.15) is 0 Å². The van der Waals surface area contributed by atoms with Crippen LogP contribution in [-0.4, -0.2) is 18.1 Å². The van der Waals surface area contributed by atoms with Gasteiger partial charge in [-0.25, -0.2) is 0 Å². The Kier molecular flexibility index (Phi) is 3.92. The second-order valence-corrected chi connectivity index (χ2v) is 3.93. The molecular weight excluding hydrogens is 304 g/mol. The van der Waals surface area contributed by atoms with Crippen LogP contribution in [0, 0.1) is 3.57 Å². The molecule has 0 spiro atoms. The summed E-state index contributed by atoms with van der Waals surface area (Å²) in [6, 6.07) is 1.76. The number of nitrogens with zero attached hydrogens (tertiary/aromatic N) is 1. The predicted molar refractivity (Wildman–Crippen MR) is 57.7 cm³/mol. The van der Waals surface area contributed by atoms with E-state index in [1.54, 1.807) is 6.07 Å². The molecule has 1 heterocycles. The maximum Gasteiger partial charge on any atom is 0.311 e. The van der Waals surface area contributed by atoms with E-state index in [0.29, 0.717) is 10.7 Å². The SMILES string of the molecule is COC(=O)Cc1ncc(Cl)cc1I. The molecule has 0 aliphatic rings. The van der Waals surface area contributed by atoms with E-state index >= 15 is 0 Å². The molecular formula is C8H7ClINO2. The zero-order chi connectivity index (χ0) is 9.84. The molecule has 13 heavy (non-hydrogen) atoms. The van der Waals surface area contributed by atoms with Gasteiger partial charge in [-0.15, -0.1) is 0 Å². The summed E-state index contributed by atoms with van der Waals surface area (Å²) in [6.07, 6.45) is 1.70. The highest BCUT2D eigenvalue weighted by atomic mass is 127. The van der Waals surface area contributed by atoms with Gasteiger partial charge >= 0.3 is 5.97 Å². The molecule has 0 bridgehead atoms. The van der Waals surface area contributed by atoms with E-state index in [4.69, 9.17) is 11.6 Å². The molecule has 0 aliphatic carbocycles. The minimum absolute atomic E-state index is 0.186. The lowest BCUT2D eigenvalue weighted by molar-refractivity contribution is -0.139. The Labute approximate surface area is 94.6 Å². The summed E-state index contributed by atoms with van der Waals surface area (Å²) in [6.45, 7) is 0. The number of aromatic nitrogens is 1. The van der Waals surface area contributed by atoms with E-state index < -0.39 is 0 Å². The van der Waals surface area contributed by atoms with Gasteiger partial charge in [-0.1, -0.05) is 11.6 Å². The van der Waals surface area contributed by atoms with E-state index in [0.717, 1.165) is 3.57 Å². The van der Waals surface area contributed by atoms with Crippen LogP contribution >= 0.6 is 34.2 Å². The normalized spacial score (nSPS) is 9.77. The van der Waals surface area contributed by atoms with E-state index in [1.807, 2.05) is 0 Å². The van der Waals surface area contributed by atoms with Crippen molar-refractivity contribution in [2.24, 2.45) is 0 Å². The molecule has 0 saturated heterocycles. The zero-order valence-corrected chi connectivity index (χ0v) is 9.79. The number of halogens is 2. The van der Waals surface area contributed by atoms with Gasteiger partial charge in [-0.2, -0.15) is 0 Å². The lowest BCUT2D eigenvalue weighted by atomic mass is 10.3. The highest BCUT2D eigenvalue weighted by molar-refractivity contribution is 14.1. The molecule has 70 valence electrons. The van der Waals surface area contributed by atoms with Crippen molar-refractivity contribution in [1.29, 1.82) is 0 Å². The summed E-state index contributed by atoms with van der Waals surface area (Å²) >= 11 is 7.78. The van der Waals surface area contributed by atoms with Crippen molar-refractivity contribution in [3.05, 3.63) is 26.5 Å². The van der Waals surface area contributed by atoms with E-state index in [-0.39, 0.29) is 12.4 Å². The molecule has 0 atom stereocenters. The molecule has 1 rings (SSSR count). The third-order valence-corrected chi connectivity index (χ3v) is 2.56. The Morgan fingerprint density at radius 1 is 1.77 bits per heavy atom. The number of ether oxygens (including phenoxy) is 1. The first-order valence-corrected chi connectivity index (χ1v) is 4.96. The van der Waals surface area contributed by atoms with Crippen LogP contribution in [0.5, 0.6) is 0 Å². The van der Waals surface area contributed by atoms with E-state index in [9.17, 15) is 4.79 Å². The summed E-state index contributed by atoms with van der Waals surface area (Å²) < 4.78 is 5.39. The number of esters is 1. The van der Waals surface area contributed by atoms with Gasteiger partial charge in [-0.05, 0) is 28.7 Å². The molecule has 0 fully saturated rings. The fourth-order valence-corrected chi connectivity index (χ4v) is 1.79. The molecule has 1 aromatic heterocycles. The number of hydrogen-bond acceptors (Lipinski definition) is 3. The summed E-state index contributed by atoms with van der Waals surface area (Å²) in [5, 5.41) is 0.568. The lowest BCUT2D eigenvalue weighted by Gasteiger charge is -2.01.